The fourth-order valence-corrected chi connectivity index (χ4v) is 6.33. The lowest BCUT2D eigenvalue weighted by Crippen LogP contribution is -2.02. The second kappa shape index (κ2) is 11.0. The maximum atomic E-state index is 12.8. The highest BCUT2D eigenvalue weighted by Gasteiger charge is 2.23. The Morgan fingerprint density at radius 2 is 0.700 bits per heavy atom. The van der Waals surface area contributed by atoms with Crippen LogP contribution in [0.4, 0.5) is 0 Å². The largest absolute Gasteiger partial charge is 0.319 e. The molecule has 6 aromatic rings. The van der Waals surface area contributed by atoms with Crippen LogP contribution in [0, 0.1) is 0 Å². The molecule has 0 atom stereocenters. The highest BCUT2D eigenvalue weighted by atomic mass is 31.2. The van der Waals surface area contributed by atoms with Gasteiger partial charge in [-0.15, -0.1) is 0 Å². The molecule has 194 valence electrons. The zero-order chi connectivity index (χ0) is 27.5. The molecule has 6 aromatic carbocycles. The number of rotatable bonds is 6. The third-order valence-corrected chi connectivity index (χ3v) is 8.94. The van der Waals surface area contributed by atoms with Gasteiger partial charge in [0.2, 0.25) is 0 Å². The second-order valence-electron chi connectivity index (χ2n) is 10.5. The molecule has 0 bridgehead atoms. The summed E-state index contributed by atoms with van der Waals surface area (Å²) < 4.78 is 12.8. The monoisotopic (exact) mass is 534 g/mol. The average molecular weight is 535 g/mol. The van der Waals surface area contributed by atoms with Gasteiger partial charge in [0.15, 0.2) is 0 Å². The molecule has 0 amide bonds. The van der Waals surface area contributed by atoms with Gasteiger partial charge in [-0.1, -0.05) is 146 Å². The van der Waals surface area contributed by atoms with E-state index in [0.29, 0.717) is 0 Å². The summed E-state index contributed by atoms with van der Waals surface area (Å²) in [7, 11) is -2.36. The topological polar surface area (TPSA) is 17.1 Å². The molecule has 0 aliphatic heterocycles. The minimum Gasteiger partial charge on any atom is -0.319 e. The molecule has 0 radical (unpaired) electrons. The van der Waals surface area contributed by atoms with Gasteiger partial charge in [-0.05, 0) is 75.0 Å². The molecule has 6 rings (SSSR count). The standard InChI is InChI=1S/C38H31OP/c1-40(2,39)33-25-23-29(24-26-33)35-27-34(28-15-7-3-8-16-28)36(30-17-9-4-10-18-30)38(32-21-13-6-14-22-32)37(35)31-19-11-5-12-20-31/h3-27H,1-2H3. The Bertz CT molecular complexity index is 1790. The van der Waals surface area contributed by atoms with Gasteiger partial charge in [0, 0.05) is 5.30 Å². The molecule has 0 spiro atoms. The Labute approximate surface area is 237 Å². The van der Waals surface area contributed by atoms with E-state index < -0.39 is 7.14 Å². The molecule has 0 unspecified atom stereocenters. The lowest BCUT2D eigenvalue weighted by molar-refractivity contribution is 0.588. The van der Waals surface area contributed by atoms with Gasteiger partial charge in [0.05, 0.1) is 0 Å². The molecule has 0 saturated carbocycles. The van der Waals surface area contributed by atoms with E-state index in [1.54, 1.807) is 0 Å². The summed E-state index contributed by atoms with van der Waals surface area (Å²) in [5.74, 6) is 0. The zero-order valence-corrected chi connectivity index (χ0v) is 23.7. The first kappa shape index (κ1) is 25.8. The van der Waals surface area contributed by atoms with Crippen molar-refractivity contribution in [2.75, 3.05) is 13.3 Å². The van der Waals surface area contributed by atoms with Crippen LogP contribution >= 0.6 is 7.14 Å². The first-order chi connectivity index (χ1) is 19.5. The second-order valence-corrected chi connectivity index (χ2v) is 13.7. The van der Waals surface area contributed by atoms with Crippen molar-refractivity contribution < 1.29 is 4.57 Å². The summed E-state index contributed by atoms with van der Waals surface area (Å²) in [5.41, 5.74) is 11.7. The van der Waals surface area contributed by atoms with Crippen LogP contribution in [0.2, 0.25) is 0 Å². The maximum absolute atomic E-state index is 12.8. The SMILES string of the molecule is CP(C)(=O)c1ccc(-c2cc(-c3ccccc3)c(-c3ccccc3)c(-c3ccccc3)c2-c2ccccc2)cc1. The van der Waals surface area contributed by atoms with Crippen LogP contribution in [0.15, 0.2) is 152 Å². The Morgan fingerprint density at radius 3 is 1.07 bits per heavy atom. The van der Waals surface area contributed by atoms with Crippen molar-refractivity contribution in [2.45, 2.75) is 0 Å². The molecule has 0 saturated heterocycles. The Kier molecular flexibility index (Phi) is 7.08. The predicted octanol–water partition coefficient (Wildman–Crippen LogP) is 10.3. The molecule has 40 heavy (non-hydrogen) atoms. The van der Waals surface area contributed by atoms with E-state index >= 15 is 0 Å². The summed E-state index contributed by atoms with van der Waals surface area (Å²) in [6.07, 6.45) is 0. The Hall–Kier alpha value is -4.45. The summed E-state index contributed by atoms with van der Waals surface area (Å²) in [4.78, 5) is 0. The van der Waals surface area contributed by atoms with Crippen LogP contribution in [0.3, 0.4) is 0 Å². The summed E-state index contributed by atoms with van der Waals surface area (Å²) >= 11 is 0. The highest BCUT2D eigenvalue weighted by Crippen LogP contribution is 2.50. The molecular formula is C38H31OP. The minimum atomic E-state index is -2.36. The van der Waals surface area contributed by atoms with E-state index in [2.05, 4.69) is 140 Å². The summed E-state index contributed by atoms with van der Waals surface area (Å²) in [6, 6.07) is 53.4. The first-order valence-corrected chi connectivity index (χ1v) is 16.2. The van der Waals surface area contributed by atoms with Crippen molar-refractivity contribution in [1.82, 2.24) is 0 Å². The Balaban J connectivity index is 1.80. The van der Waals surface area contributed by atoms with E-state index in [0.717, 1.165) is 22.0 Å². The average Bonchev–Trinajstić information content (AvgIpc) is 3.01. The predicted molar refractivity (Wildman–Crippen MR) is 173 cm³/mol. The van der Waals surface area contributed by atoms with Gasteiger partial charge in [0.25, 0.3) is 0 Å². The normalized spacial score (nSPS) is 11.3. The van der Waals surface area contributed by atoms with Crippen molar-refractivity contribution in [1.29, 1.82) is 0 Å². The van der Waals surface area contributed by atoms with Gasteiger partial charge in [-0.25, -0.2) is 0 Å². The van der Waals surface area contributed by atoms with E-state index in [-0.39, 0.29) is 0 Å². The number of benzene rings is 6. The van der Waals surface area contributed by atoms with Crippen LogP contribution < -0.4 is 5.30 Å². The van der Waals surface area contributed by atoms with Gasteiger partial charge >= 0.3 is 0 Å². The fraction of sp³-hybridized carbons (Fsp3) is 0.0526. The molecule has 0 fully saturated rings. The smallest absolute Gasteiger partial charge is 0.109 e. The van der Waals surface area contributed by atoms with E-state index in [1.165, 1.54) is 38.9 Å². The summed E-state index contributed by atoms with van der Waals surface area (Å²) in [5, 5.41) is 0.894. The van der Waals surface area contributed by atoms with Crippen molar-refractivity contribution in [3.8, 4) is 55.6 Å². The lowest BCUT2D eigenvalue weighted by Gasteiger charge is -2.24. The maximum Gasteiger partial charge on any atom is 0.109 e. The van der Waals surface area contributed by atoms with Gasteiger partial charge in [-0.2, -0.15) is 0 Å². The molecule has 0 heterocycles. The molecular weight excluding hydrogens is 503 g/mol. The van der Waals surface area contributed by atoms with Crippen LogP contribution in [-0.4, -0.2) is 13.3 Å². The lowest BCUT2D eigenvalue weighted by atomic mass is 9.79. The molecule has 1 nitrogen and oxygen atoms in total. The third kappa shape index (κ3) is 5.09. The van der Waals surface area contributed by atoms with Crippen molar-refractivity contribution in [3.05, 3.63) is 152 Å². The molecule has 0 aromatic heterocycles. The molecule has 0 N–H and O–H groups in total. The van der Waals surface area contributed by atoms with Crippen molar-refractivity contribution in [3.63, 3.8) is 0 Å². The van der Waals surface area contributed by atoms with Crippen molar-refractivity contribution in [2.24, 2.45) is 0 Å². The number of hydrogen-bond donors (Lipinski definition) is 0. The van der Waals surface area contributed by atoms with E-state index in [9.17, 15) is 4.57 Å². The molecule has 2 heteroatoms. The summed E-state index contributed by atoms with van der Waals surface area (Å²) in [6.45, 7) is 3.65. The quantitative estimate of drug-likeness (QED) is 0.194. The first-order valence-electron chi connectivity index (χ1n) is 13.6. The van der Waals surface area contributed by atoms with Crippen LogP contribution in [-0.2, 0) is 4.57 Å². The van der Waals surface area contributed by atoms with Crippen LogP contribution in [0.1, 0.15) is 0 Å². The fourth-order valence-electron chi connectivity index (χ4n) is 5.46. The molecule has 0 aliphatic carbocycles. The highest BCUT2D eigenvalue weighted by molar-refractivity contribution is 7.70. The van der Waals surface area contributed by atoms with Crippen LogP contribution in [0.5, 0.6) is 0 Å². The number of hydrogen-bond acceptors (Lipinski definition) is 1. The van der Waals surface area contributed by atoms with Gasteiger partial charge in [0.1, 0.15) is 7.14 Å². The minimum absolute atomic E-state index is 0.894. The van der Waals surface area contributed by atoms with E-state index in [1.807, 2.05) is 25.5 Å². The van der Waals surface area contributed by atoms with Gasteiger partial charge < -0.3 is 4.57 Å². The van der Waals surface area contributed by atoms with Gasteiger partial charge in [-0.3, -0.25) is 0 Å². The van der Waals surface area contributed by atoms with Crippen molar-refractivity contribution >= 4 is 12.4 Å². The zero-order valence-electron chi connectivity index (χ0n) is 22.8. The van der Waals surface area contributed by atoms with E-state index in [4.69, 9.17) is 0 Å². The van der Waals surface area contributed by atoms with Crippen LogP contribution in [0.25, 0.3) is 55.6 Å². The third-order valence-electron chi connectivity index (χ3n) is 7.40. The Morgan fingerprint density at radius 1 is 0.375 bits per heavy atom. The molecule has 0 aliphatic rings.